The van der Waals surface area contributed by atoms with Crippen LogP contribution in [0.4, 0.5) is 5.69 Å². The summed E-state index contributed by atoms with van der Waals surface area (Å²) in [7, 11) is -3.36. The monoisotopic (exact) mass is 239 g/mol. The Bertz CT molecular complexity index is 642. The minimum Gasteiger partial charge on any atom is -0.462 e. The maximum Gasteiger partial charge on any atom is 0.229 e. The van der Waals surface area contributed by atoms with Crippen molar-refractivity contribution in [3.8, 4) is 0 Å². The van der Waals surface area contributed by atoms with Crippen LogP contribution in [0.3, 0.4) is 0 Å². The van der Waals surface area contributed by atoms with Crippen molar-refractivity contribution in [1.82, 2.24) is 0 Å². The molecule has 2 rings (SSSR count). The van der Waals surface area contributed by atoms with Crippen LogP contribution < -0.4 is 4.72 Å². The Hall–Kier alpha value is -1.82. The summed E-state index contributed by atoms with van der Waals surface area (Å²) < 4.78 is 29.7. The minimum atomic E-state index is -3.36. The van der Waals surface area contributed by atoms with E-state index in [1.807, 2.05) is 0 Å². The molecule has 1 aromatic carbocycles. The van der Waals surface area contributed by atoms with Crippen molar-refractivity contribution in [1.29, 1.82) is 0 Å². The van der Waals surface area contributed by atoms with Gasteiger partial charge in [-0.05, 0) is 18.2 Å². The van der Waals surface area contributed by atoms with Gasteiger partial charge >= 0.3 is 0 Å². The highest BCUT2D eigenvalue weighted by Gasteiger charge is 2.11. The molecule has 0 aliphatic carbocycles. The number of fused-ring (bicyclic) bond motifs is 1. The van der Waals surface area contributed by atoms with E-state index in [2.05, 4.69) is 4.72 Å². The van der Waals surface area contributed by atoms with Gasteiger partial charge in [0.05, 0.1) is 18.2 Å². The number of hydrogen-bond donors (Lipinski definition) is 1. The van der Waals surface area contributed by atoms with E-state index < -0.39 is 10.0 Å². The van der Waals surface area contributed by atoms with Crippen LogP contribution in [0.2, 0.25) is 0 Å². The lowest BCUT2D eigenvalue weighted by Gasteiger charge is -2.04. The Balaban J connectivity index is 2.64. The van der Waals surface area contributed by atoms with E-state index >= 15 is 0 Å². The number of hydrogen-bond acceptors (Lipinski definition) is 4. The summed E-state index contributed by atoms with van der Waals surface area (Å²) in [5, 5.41) is 0.587. The maximum atomic E-state index is 11.1. The molecule has 0 unspecified atom stereocenters. The minimum absolute atomic E-state index is 0.327. The Labute approximate surface area is 92.1 Å². The fourth-order valence-electron chi connectivity index (χ4n) is 1.47. The van der Waals surface area contributed by atoms with E-state index in [4.69, 9.17) is 4.42 Å². The van der Waals surface area contributed by atoms with Crippen LogP contribution >= 0.6 is 0 Å². The van der Waals surface area contributed by atoms with Crippen LogP contribution in [-0.4, -0.2) is 21.0 Å². The fraction of sp³-hybridized carbons (Fsp3) is 0.100. The highest BCUT2D eigenvalue weighted by Crippen LogP contribution is 2.27. The number of furan rings is 1. The third-order valence-electron chi connectivity index (χ3n) is 2.07. The lowest BCUT2D eigenvalue weighted by molar-refractivity contribution is 0.112. The molecule has 0 amide bonds. The van der Waals surface area contributed by atoms with E-state index in [0.29, 0.717) is 28.5 Å². The van der Waals surface area contributed by atoms with Crippen LogP contribution in [0.1, 0.15) is 10.4 Å². The number of carbonyl (C=O) groups is 1. The second-order valence-electron chi connectivity index (χ2n) is 3.36. The van der Waals surface area contributed by atoms with Gasteiger partial charge in [0.25, 0.3) is 0 Å². The summed E-state index contributed by atoms with van der Waals surface area (Å²) in [5.41, 5.74) is 1.14. The van der Waals surface area contributed by atoms with Gasteiger partial charge in [0, 0.05) is 10.9 Å². The van der Waals surface area contributed by atoms with Gasteiger partial charge in [0.2, 0.25) is 10.0 Å². The van der Waals surface area contributed by atoms with Crippen molar-refractivity contribution in [3.63, 3.8) is 0 Å². The molecular weight excluding hydrogens is 230 g/mol. The van der Waals surface area contributed by atoms with Crippen LogP contribution in [0, 0.1) is 0 Å². The van der Waals surface area contributed by atoms with E-state index in [-0.39, 0.29) is 0 Å². The number of benzene rings is 1. The second-order valence-corrected chi connectivity index (χ2v) is 5.11. The molecule has 1 heterocycles. The Morgan fingerprint density at radius 1 is 1.31 bits per heavy atom. The van der Waals surface area contributed by atoms with Crippen molar-refractivity contribution in [3.05, 3.63) is 30.0 Å². The molecule has 0 aliphatic heterocycles. The predicted molar refractivity (Wildman–Crippen MR) is 60.1 cm³/mol. The van der Waals surface area contributed by atoms with Gasteiger partial charge in [-0.15, -0.1) is 0 Å². The zero-order valence-corrected chi connectivity index (χ0v) is 9.24. The molecule has 5 nitrogen and oxygen atoms in total. The van der Waals surface area contributed by atoms with Crippen molar-refractivity contribution in [2.45, 2.75) is 0 Å². The first-order valence-corrected chi connectivity index (χ1v) is 6.33. The third-order valence-corrected chi connectivity index (χ3v) is 2.66. The van der Waals surface area contributed by atoms with Gasteiger partial charge in [0.1, 0.15) is 0 Å². The van der Waals surface area contributed by atoms with E-state index in [9.17, 15) is 13.2 Å². The quantitative estimate of drug-likeness (QED) is 0.825. The summed E-state index contributed by atoms with van der Waals surface area (Å²) in [6.45, 7) is 0. The standard InChI is InChI=1S/C10H9NO4S/c1-16(13,14)11-9-3-2-7(6-12)8-4-5-15-10(8)9/h2-6,11H,1H3. The van der Waals surface area contributed by atoms with Crippen molar-refractivity contribution >= 4 is 33.0 Å². The van der Waals surface area contributed by atoms with Gasteiger partial charge in [0.15, 0.2) is 11.9 Å². The average Bonchev–Trinajstić information content (AvgIpc) is 2.65. The van der Waals surface area contributed by atoms with Crippen LogP contribution in [-0.2, 0) is 10.0 Å². The van der Waals surface area contributed by atoms with Crippen molar-refractivity contribution in [2.24, 2.45) is 0 Å². The molecule has 0 bridgehead atoms. The molecule has 16 heavy (non-hydrogen) atoms. The van der Waals surface area contributed by atoms with Crippen LogP contribution in [0.15, 0.2) is 28.9 Å². The molecule has 0 saturated heterocycles. The first-order valence-electron chi connectivity index (χ1n) is 4.44. The largest absolute Gasteiger partial charge is 0.462 e. The van der Waals surface area contributed by atoms with Gasteiger partial charge < -0.3 is 4.42 Å². The zero-order valence-electron chi connectivity index (χ0n) is 8.43. The molecule has 1 N–H and O–H groups in total. The lowest BCUT2D eigenvalue weighted by Crippen LogP contribution is -2.09. The molecule has 2 aromatic rings. The molecule has 0 aliphatic rings. The summed E-state index contributed by atoms with van der Waals surface area (Å²) in [5.74, 6) is 0. The molecule has 1 aromatic heterocycles. The van der Waals surface area contributed by atoms with Gasteiger partial charge in [-0.25, -0.2) is 8.42 Å². The lowest BCUT2D eigenvalue weighted by atomic mass is 10.1. The molecule has 0 fully saturated rings. The number of anilines is 1. The Morgan fingerprint density at radius 3 is 2.69 bits per heavy atom. The Morgan fingerprint density at radius 2 is 2.06 bits per heavy atom. The molecule has 84 valence electrons. The van der Waals surface area contributed by atoms with Gasteiger partial charge in [-0.1, -0.05) is 0 Å². The highest BCUT2D eigenvalue weighted by atomic mass is 32.2. The molecule has 0 atom stereocenters. The topological polar surface area (TPSA) is 76.4 Å². The van der Waals surface area contributed by atoms with E-state index in [0.717, 1.165) is 6.26 Å². The third kappa shape index (κ3) is 1.92. The molecule has 0 radical (unpaired) electrons. The summed E-state index contributed by atoms with van der Waals surface area (Å²) in [6, 6.07) is 4.65. The normalized spacial score (nSPS) is 11.6. The number of carbonyl (C=O) groups excluding carboxylic acids is 1. The smallest absolute Gasteiger partial charge is 0.229 e. The first-order chi connectivity index (χ1) is 7.51. The van der Waals surface area contributed by atoms with Crippen molar-refractivity contribution < 1.29 is 17.6 Å². The SMILES string of the molecule is CS(=O)(=O)Nc1ccc(C=O)c2ccoc12. The molecular formula is C10H9NO4S. The number of rotatable bonds is 3. The molecule has 6 heteroatoms. The number of aldehydes is 1. The summed E-state index contributed by atoms with van der Waals surface area (Å²) >= 11 is 0. The average molecular weight is 239 g/mol. The number of nitrogens with one attached hydrogen (secondary N) is 1. The zero-order chi connectivity index (χ0) is 11.8. The summed E-state index contributed by atoms with van der Waals surface area (Å²) in [4.78, 5) is 10.7. The van der Waals surface area contributed by atoms with Crippen molar-refractivity contribution in [2.75, 3.05) is 11.0 Å². The highest BCUT2D eigenvalue weighted by molar-refractivity contribution is 7.92. The first kappa shape index (κ1) is 10.7. The predicted octanol–water partition coefficient (Wildman–Crippen LogP) is 1.62. The molecule has 0 spiro atoms. The van der Waals surface area contributed by atoms with E-state index in [1.54, 1.807) is 12.1 Å². The van der Waals surface area contributed by atoms with E-state index in [1.165, 1.54) is 12.3 Å². The Kier molecular flexibility index (Phi) is 2.43. The van der Waals surface area contributed by atoms with Crippen LogP contribution in [0.5, 0.6) is 0 Å². The number of sulfonamides is 1. The summed E-state index contributed by atoms with van der Waals surface area (Å²) in [6.07, 6.45) is 3.16. The van der Waals surface area contributed by atoms with Gasteiger partial charge in [-0.3, -0.25) is 9.52 Å². The van der Waals surface area contributed by atoms with Gasteiger partial charge in [-0.2, -0.15) is 0 Å². The second kappa shape index (κ2) is 3.64. The fourth-order valence-corrected chi connectivity index (χ4v) is 2.03. The van der Waals surface area contributed by atoms with Crippen LogP contribution in [0.25, 0.3) is 11.0 Å². The maximum absolute atomic E-state index is 11.1. The molecule has 0 saturated carbocycles.